The molecule has 1 fully saturated rings. The van der Waals surface area contributed by atoms with E-state index in [1.165, 1.54) is 23.3 Å². The van der Waals surface area contributed by atoms with Crippen molar-refractivity contribution in [1.82, 2.24) is 4.90 Å². The van der Waals surface area contributed by atoms with Crippen LogP contribution in [-0.4, -0.2) is 43.2 Å². The van der Waals surface area contributed by atoms with E-state index < -0.39 is 0 Å². The quantitative estimate of drug-likeness (QED) is 0.931. The molecule has 2 atom stereocenters. The number of amides is 1. The van der Waals surface area contributed by atoms with Gasteiger partial charge in [-0.05, 0) is 50.2 Å². The monoisotopic (exact) mass is 308 g/mol. The number of rotatable bonds is 3. The Hall–Kier alpha value is -0.910. The maximum absolute atomic E-state index is 12.8. The van der Waals surface area contributed by atoms with Crippen LogP contribution in [0, 0.1) is 0 Å². The van der Waals surface area contributed by atoms with Crippen molar-refractivity contribution in [2.45, 2.75) is 50.7 Å². The topological polar surface area (TPSA) is 55.6 Å². The molecule has 0 bridgehead atoms. The highest BCUT2D eigenvalue weighted by atomic mass is 32.1. The molecule has 0 radical (unpaired) electrons. The molecule has 1 aliphatic heterocycles. The highest BCUT2D eigenvalue weighted by molar-refractivity contribution is 7.14. The molecule has 2 N–H and O–H groups in total. The number of hydrogen-bond donors (Lipinski definition) is 1. The van der Waals surface area contributed by atoms with Gasteiger partial charge in [0.15, 0.2) is 0 Å². The van der Waals surface area contributed by atoms with Gasteiger partial charge in [-0.3, -0.25) is 4.79 Å². The largest absolute Gasteiger partial charge is 0.381 e. The third kappa shape index (κ3) is 3.00. The number of carbonyl (C=O) groups excluding carboxylic acids is 1. The number of methoxy groups -OCH3 is 1. The molecule has 2 unspecified atom stereocenters. The summed E-state index contributed by atoms with van der Waals surface area (Å²) in [6.45, 7) is 1.26. The lowest BCUT2D eigenvalue weighted by Crippen LogP contribution is -2.51. The summed E-state index contributed by atoms with van der Waals surface area (Å²) in [4.78, 5) is 17.1. The van der Waals surface area contributed by atoms with Crippen molar-refractivity contribution < 1.29 is 9.53 Å². The smallest absolute Gasteiger partial charge is 0.264 e. The summed E-state index contributed by atoms with van der Waals surface area (Å²) in [5.41, 5.74) is 7.27. The highest BCUT2D eigenvalue weighted by Gasteiger charge is 2.32. The van der Waals surface area contributed by atoms with Crippen molar-refractivity contribution in [3.8, 4) is 0 Å². The number of aryl methyl sites for hydroxylation is 2. The van der Waals surface area contributed by atoms with Crippen molar-refractivity contribution >= 4 is 17.2 Å². The Bertz CT molecular complexity index is 491. The molecule has 4 nitrogen and oxygen atoms in total. The number of fused-ring (bicyclic) bond motifs is 1. The molecule has 1 aromatic heterocycles. The molecule has 3 rings (SSSR count). The summed E-state index contributed by atoms with van der Waals surface area (Å²) in [6, 6.07) is 2.23. The van der Waals surface area contributed by atoms with Crippen LogP contribution in [0.4, 0.5) is 0 Å². The number of ether oxygens (including phenoxy) is 1. The van der Waals surface area contributed by atoms with Gasteiger partial charge < -0.3 is 15.4 Å². The van der Waals surface area contributed by atoms with Gasteiger partial charge in [-0.2, -0.15) is 0 Å². The molecule has 0 aromatic carbocycles. The second-order valence-electron chi connectivity index (χ2n) is 6.04. The van der Waals surface area contributed by atoms with E-state index in [-0.39, 0.29) is 18.1 Å². The summed E-state index contributed by atoms with van der Waals surface area (Å²) in [7, 11) is 1.74. The molecule has 1 saturated heterocycles. The van der Waals surface area contributed by atoms with E-state index >= 15 is 0 Å². The summed E-state index contributed by atoms with van der Waals surface area (Å²) in [5.74, 6) is 0.166. The molecule has 1 aromatic rings. The zero-order valence-corrected chi connectivity index (χ0v) is 13.5. The van der Waals surface area contributed by atoms with Crippen molar-refractivity contribution in [1.29, 1.82) is 0 Å². The molecule has 116 valence electrons. The maximum atomic E-state index is 12.8. The van der Waals surface area contributed by atoms with Crippen LogP contribution < -0.4 is 5.73 Å². The van der Waals surface area contributed by atoms with Crippen LogP contribution in [0.2, 0.25) is 0 Å². The molecule has 5 heteroatoms. The average Bonchev–Trinajstić information content (AvgIpc) is 2.97. The van der Waals surface area contributed by atoms with Gasteiger partial charge in [0.25, 0.3) is 5.91 Å². The van der Waals surface area contributed by atoms with Gasteiger partial charge in [0.05, 0.1) is 11.0 Å². The second kappa shape index (κ2) is 6.46. The molecule has 0 saturated carbocycles. The van der Waals surface area contributed by atoms with Gasteiger partial charge in [0, 0.05) is 31.1 Å². The van der Waals surface area contributed by atoms with Gasteiger partial charge in [0.2, 0.25) is 0 Å². The first-order valence-electron chi connectivity index (χ1n) is 7.88. The number of piperidine rings is 1. The lowest BCUT2D eigenvalue weighted by Gasteiger charge is -2.38. The zero-order chi connectivity index (χ0) is 14.8. The highest BCUT2D eigenvalue weighted by Crippen LogP contribution is 2.31. The minimum absolute atomic E-state index is 0.107. The fraction of sp³-hybridized carbons (Fsp3) is 0.688. The third-order valence-electron chi connectivity index (χ3n) is 4.74. The zero-order valence-electron chi connectivity index (χ0n) is 12.6. The first-order valence-corrected chi connectivity index (χ1v) is 8.70. The number of likely N-dealkylation sites (tertiary alicyclic amines) is 1. The Labute approximate surface area is 130 Å². The van der Waals surface area contributed by atoms with Gasteiger partial charge in [-0.15, -0.1) is 11.3 Å². The molecule has 1 aliphatic carbocycles. The van der Waals surface area contributed by atoms with Crippen LogP contribution in [0.25, 0.3) is 0 Å². The molecule has 2 heterocycles. The predicted octanol–water partition coefficient (Wildman–Crippen LogP) is 2.21. The number of thiophene rings is 1. The van der Waals surface area contributed by atoms with E-state index in [0.717, 1.165) is 37.1 Å². The van der Waals surface area contributed by atoms with Crippen molar-refractivity contribution in [2.75, 3.05) is 20.2 Å². The van der Waals surface area contributed by atoms with Crippen LogP contribution in [0.1, 0.15) is 45.8 Å². The van der Waals surface area contributed by atoms with Gasteiger partial charge in [-0.1, -0.05) is 0 Å². The summed E-state index contributed by atoms with van der Waals surface area (Å²) in [5, 5.41) is 0. The van der Waals surface area contributed by atoms with Crippen molar-refractivity contribution in [3.63, 3.8) is 0 Å². The molecule has 1 amide bonds. The predicted molar refractivity (Wildman–Crippen MR) is 84.9 cm³/mol. The first kappa shape index (κ1) is 15.0. The third-order valence-corrected chi connectivity index (χ3v) is 5.97. The van der Waals surface area contributed by atoms with Crippen LogP contribution >= 0.6 is 11.3 Å². The normalized spacial score (nSPS) is 25.7. The van der Waals surface area contributed by atoms with Crippen LogP contribution in [0.3, 0.4) is 0 Å². The fourth-order valence-corrected chi connectivity index (χ4v) is 4.67. The average molecular weight is 308 g/mol. The molecule has 0 spiro atoms. The van der Waals surface area contributed by atoms with E-state index in [4.69, 9.17) is 10.5 Å². The number of nitrogens with two attached hydrogens (primary N) is 1. The Morgan fingerprint density at radius 2 is 2.29 bits per heavy atom. The first-order chi connectivity index (χ1) is 10.2. The van der Waals surface area contributed by atoms with Gasteiger partial charge >= 0.3 is 0 Å². The standard InChI is InChI=1S/C16H24N2O2S/c1-20-13-6-7-18(12(9-13)10-17)16(19)15-8-11-4-2-3-5-14(11)21-15/h8,12-13H,2-7,9-10,17H2,1H3. The van der Waals surface area contributed by atoms with Gasteiger partial charge in [0.1, 0.15) is 0 Å². The number of hydrogen-bond acceptors (Lipinski definition) is 4. The minimum Gasteiger partial charge on any atom is -0.381 e. The lowest BCUT2D eigenvalue weighted by molar-refractivity contribution is 0.0141. The van der Waals surface area contributed by atoms with E-state index in [9.17, 15) is 4.79 Å². The number of nitrogens with zero attached hydrogens (tertiary/aromatic N) is 1. The van der Waals surface area contributed by atoms with Crippen LogP contribution in [0.15, 0.2) is 6.07 Å². The Balaban J connectivity index is 1.76. The van der Waals surface area contributed by atoms with E-state index in [0.29, 0.717) is 6.54 Å². The maximum Gasteiger partial charge on any atom is 0.264 e. The molecule has 2 aliphatic rings. The molecule has 21 heavy (non-hydrogen) atoms. The number of carbonyl (C=O) groups is 1. The molecular formula is C16H24N2O2S. The van der Waals surface area contributed by atoms with Crippen LogP contribution in [0.5, 0.6) is 0 Å². The van der Waals surface area contributed by atoms with Crippen molar-refractivity contribution in [3.05, 3.63) is 21.4 Å². The SMILES string of the molecule is COC1CCN(C(=O)c2cc3c(s2)CCCC3)C(CN)C1. The Kier molecular flexibility index (Phi) is 4.62. The Morgan fingerprint density at radius 3 is 3.00 bits per heavy atom. The second-order valence-corrected chi connectivity index (χ2v) is 7.17. The summed E-state index contributed by atoms with van der Waals surface area (Å²) in [6.07, 6.45) is 6.77. The van der Waals surface area contributed by atoms with Gasteiger partial charge in [-0.25, -0.2) is 0 Å². The fourth-order valence-electron chi connectivity index (χ4n) is 3.46. The van der Waals surface area contributed by atoms with Crippen LogP contribution in [-0.2, 0) is 17.6 Å². The van der Waals surface area contributed by atoms with E-state index in [1.54, 1.807) is 18.4 Å². The summed E-state index contributed by atoms with van der Waals surface area (Å²) >= 11 is 1.69. The Morgan fingerprint density at radius 1 is 1.48 bits per heavy atom. The van der Waals surface area contributed by atoms with E-state index in [1.807, 2.05) is 4.90 Å². The van der Waals surface area contributed by atoms with E-state index in [2.05, 4.69) is 6.07 Å². The molecular weight excluding hydrogens is 284 g/mol. The minimum atomic E-state index is 0.107. The van der Waals surface area contributed by atoms with Crippen molar-refractivity contribution in [2.24, 2.45) is 5.73 Å². The summed E-state index contributed by atoms with van der Waals surface area (Å²) < 4.78 is 5.43. The lowest BCUT2D eigenvalue weighted by atomic mass is 9.98.